The second kappa shape index (κ2) is 6.29. The number of imidazole rings is 1. The van der Waals surface area contributed by atoms with Crippen molar-refractivity contribution in [3.05, 3.63) is 59.4 Å². The Labute approximate surface area is 141 Å². The number of thiophene rings is 1. The summed E-state index contributed by atoms with van der Waals surface area (Å²) in [5.74, 6) is 0.727. The second-order valence-electron chi connectivity index (χ2n) is 5.34. The summed E-state index contributed by atoms with van der Waals surface area (Å²) < 4.78 is 0. The first-order valence-electron chi connectivity index (χ1n) is 7.60. The minimum atomic E-state index is -0.136. The number of benzene rings is 1. The number of H-pyrrole nitrogens is 2. The minimum Gasteiger partial charge on any atom is -0.351 e. The number of nitrogens with zero attached hydrogens (tertiary/aromatic N) is 2. The minimum absolute atomic E-state index is 0.136. The van der Waals surface area contributed by atoms with E-state index in [1.165, 1.54) is 0 Å². The van der Waals surface area contributed by atoms with Crippen molar-refractivity contribution in [2.75, 3.05) is 6.54 Å². The molecule has 24 heavy (non-hydrogen) atoms. The number of hydrogen-bond acceptors (Lipinski definition) is 4. The summed E-state index contributed by atoms with van der Waals surface area (Å²) in [5, 5.41) is 11.8. The third-order valence-electron chi connectivity index (χ3n) is 3.74. The Kier molecular flexibility index (Phi) is 3.84. The van der Waals surface area contributed by atoms with Gasteiger partial charge in [-0.25, -0.2) is 4.98 Å². The number of carbonyl (C=O) groups excluding carboxylic acids is 1. The Hall–Kier alpha value is -2.93. The molecular weight excluding hydrogens is 322 g/mol. The molecule has 0 saturated carbocycles. The van der Waals surface area contributed by atoms with E-state index < -0.39 is 0 Å². The quantitative estimate of drug-likeness (QED) is 0.523. The van der Waals surface area contributed by atoms with Crippen LogP contribution in [0.5, 0.6) is 0 Å². The van der Waals surface area contributed by atoms with Gasteiger partial charge in [0.15, 0.2) is 0 Å². The predicted octanol–water partition coefficient (Wildman–Crippen LogP) is 2.99. The largest absolute Gasteiger partial charge is 0.351 e. The first-order chi connectivity index (χ1) is 11.8. The maximum absolute atomic E-state index is 12.4. The Balaban J connectivity index is 1.41. The van der Waals surface area contributed by atoms with E-state index in [9.17, 15) is 4.79 Å². The lowest BCUT2D eigenvalue weighted by Gasteiger charge is -2.03. The second-order valence-corrected chi connectivity index (χ2v) is 6.29. The van der Waals surface area contributed by atoms with E-state index in [-0.39, 0.29) is 5.91 Å². The highest BCUT2D eigenvalue weighted by Crippen LogP contribution is 2.25. The number of rotatable bonds is 5. The average Bonchev–Trinajstić information content (AvgIpc) is 3.33. The van der Waals surface area contributed by atoms with Crippen LogP contribution in [0.2, 0.25) is 0 Å². The molecule has 3 heterocycles. The zero-order valence-electron chi connectivity index (χ0n) is 12.7. The molecule has 0 aliphatic rings. The normalized spacial score (nSPS) is 11.0. The predicted molar refractivity (Wildman–Crippen MR) is 94.0 cm³/mol. The smallest absolute Gasteiger partial charge is 0.255 e. The van der Waals surface area contributed by atoms with Crippen molar-refractivity contribution in [2.45, 2.75) is 6.42 Å². The van der Waals surface area contributed by atoms with Gasteiger partial charge in [0.05, 0.1) is 33.4 Å². The Morgan fingerprint density at radius 2 is 2.12 bits per heavy atom. The van der Waals surface area contributed by atoms with Crippen LogP contribution < -0.4 is 5.32 Å². The van der Waals surface area contributed by atoms with E-state index in [1.54, 1.807) is 17.5 Å². The zero-order chi connectivity index (χ0) is 16.4. The third-order valence-corrected chi connectivity index (χ3v) is 4.62. The van der Waals surface area contributed by atoms with Crippen LogP contribution in [0, 0.1) is 0 Å². The molecule has 120 valence electrons. The molecule has 1 amide bonds. The van der Waals surface area contributed by atoms with E-state index >= 15 is 0 Å². The Morgan fingerprint density at radius 1 is 1.21 bits per heavy atom. The zero-order valence-corrected chi connectivity index (χ0v) is 13.6. The molecule has 0 aliphatic carbocycles. The summed E-state index contributed by atoms with van der Waals surface area (Å²) in [5.41, 5.74) is 3.26. The molecule has 4 aromatic rings. The van der Waals surface area contributed by atoms with E-state index in [0.717, 1.165) is 27.4 Å². The first kappa shape index (κ1) is 14.6. The summed E-state index contributed by atoms with van der Waals surface area (Å²) >= 11 is 1.57. The topological polar surface area (TPSA) is 86.5 Å². The Bertz CT molecular complexity index is 937. The molecule has 0 unspecified atom stereocenters. The highest BCUT2D eigenvalue weighted by atomic mass is 32.1. The van der Waals surface area contributed by atoms with Crippen molar-refractivity contribution in [1.29, 1.82) is 0 Å². The van der Waals surface area contributed by atoms with Crippen LogP contribution in [0.1, 0.15) is 16.2 Å². The van der Waals surface area contributed by atoms with Crippen molar-refractivity contribution < 1.29 is 4.79 Å². The maximum atomic E-state index is 12.4. The lowest BCUT2D eigenvalue weighted by molar-refractivity contribution is 0.0955. The first-order valence-corrected chi connectivity index (χ1v) is 8.48. The summed E-state index contributed by atoms with van der Waals surface area (Å²) in [6.07, 6.45) is 2.21. The van der Waals surface area contributed by atoms with Gasteiger partial charge in [-0.15, -0.1) is 11.3 Å². The van der Waals surface area contributed by atoms with Gasteiger partial charge in [0, 0.05) is 13.0 Å². The highest BCUT2D eigenvalue weighted by Gasteiger charge is 2.15. The number of para-hydroxylation sites is 2. The summed E-state index contributed by atoms with van der Waals surface area (Å²) in [6, 6.07) is 11.8. The monoisotopic (exact) mass is 337 g/mol. The molecule has 0 atom stereocenters. The molecule has 4 rings (SSSR count). The summed E-state index contributed by atoms with van der Waals surface area (Å²) in [6.45, 7) is 0.508. The maximum Gasteiger partial charge on any atom is 0.255 e. The number of nitrogens with one attached hydrogen (secondary N) is 3. The fourth-order valence-corrected chi connectivity index (χ4v) is 3.31. The number of aromatic nitrogens is 4. The highest BCUT2D eigenvalue weighted by molar-refractivity contribution is 7.13. The van der Waals surface area contributed by atoms with Gasteiger partial charge in [-0.2, -0.15) is 5.10 Å². The van der Waals surface area contributed by atoms with E-state index in [2.05, 4.69) is 25.5 Å². The fourth-order valence-electron chi connectivity index (χ4n) is 2.58. The average molecular weight is 337 g/mol. The van der Waals surface area contributed by atoms with E-state index in [4.69, 9.17) is 0 Å². The van der Waals surface area contributed by atoms with Gasteiger partial charge in [-0.05, 0) is 23.6 Å². The van der Waals surface area contributed by atoms with Crippen molar-refractivity contribution >= 4 is 28.3 Å². The number of aromatic amines is 2. The van der Waals surface area contributed by atoms with Crippen molar-refractivity contribution in [1.82, 2.24) is 25.5 Å². The standard InChI is InChI=1S/C17H15N5OS/c23-17(11-10-19-22-16(11)14-6-3-9-24-14)18-8-7-15-20-12-4-1-2-5-13(12)21-15/h1-6,9-10H,7-8H2,(H,18,23)(H,19,22)(H,20,21). The lowest BCUT2D eigenvalue weighted by Crippen LogP contribution is -2.26. The summed E-state index contributed by atoms with van der Waals surface area (Å²) in [7, 11) is 0. The molecule has 0 bridgehead atoms. The van der Waals surface area contributed by atoms with Gasteiger partial charge in [-0.1, -0.05) is 18.2 Å². The van der Waals surface area contributed by atoms with Gasteiger partial charge in [0.2, 0.25) is 0 Å². The van der Waals surface area contributed by atoms with Crippen molar-refractivity contribution in [2.24, 2.45) is 0 Å². The Morgan fingerprint density at radius 3 is 2.96 bits per heavy atom. The lowest BCUT2D eigenvalue weighted by atomic mass is 10.2. The van der Waals surface area contributed by atoms with E-state index in [1.807, 2.05) is 41.8 Å². The number of hydrogen-bond donors (Lipinski definition) is 3. The molecule has 0 spiro atoms. The third kappa shape index (κ3) is 2.81. The van der Waals surface area contributed by atoms with Crippen LogP contribution >= 0.6 is 11.3 Å². The van der Waals surface area contributed by atoms with Crippen LogP contribution in [-0.4, -0.2) is 32.6 Å². The van der Waals surface area contributed by atoms with Gasteiger partial charge in [0.1, 0.15) is 5.82 Å². The van der Waals surface area contributed by atoms with Gasteiger partial charge in [-0.3, -0.25) is 9.89 Å². The van der Waals surface area contributed by atoms with Crippen LogP contribution in [0.4, 0.5) is 0 Å². The van der Waals surface area contributed by atoms with Crippen LogP contribution in [0.25, 0.3) is 21.6 Å². The molecule has 1 aromatic carbocycles. The molecule has 0 radical (unpaired) electrons. The number of amides is 1. The van der Waals surface area contributed by atoms with Gasteiger partial charge < -0.3 is 10.3 Å². The summed E-state index contributed by atoms with van der Waals surface area (Å²) in [4.78, 5) is 21.1. The van der Waals surface area contributed by atoms with Gasteiger partial charge >= 0.3 is 0 Å². The fraction of sp³-hybridized carbons (Fsp3) is 0.118. The molecule has 0 saturated heterocycles. The van der Waals surface area contributed by atoms with Gasteiger partial charge in [0.25, 0.3) is 5.91 Å². The van der Waals surface area contributed by atoms with E-state index in [0.29, 0.717) is 18.5 Å². The number of carbonyl (C=O) groups is 1. The van der Waals surface area contributed by atoms with Crippen LogP contribution in [-0.2, 0) is 6.42 Å². The van der Waals surface area contributed by atoms with Crippen LogP contribution in [0.15, 0.2) is 48.0 Å². The number of fused-ring (bicyclic) bond motifs is 1. The molecular formula is C17H15N5OS. The molecule has 6 nitrogen and oxygen atoms in total. The molecule has 3 aromatic heterocycles. The molecule has 7 heteroatoms. The molecule has 0 fully saturated rings. The van der Waals surface area contributed by atoms with Crippen molar-refractivity contribution in [3.8, 4) is 10.6 Å². The SMILES string of the molecule is O=C(NCCc1nc2ccccc2[nH]1)c1cn[nH]c1-c1cccs1. The molecule has 3 N–H and O–H groups in total. The van der Waals surface area contributed by atoms with Crippen molar-refractivity contribution in [3.63, 3.8) is 0 Å². The van der Waals surface area contributed by atoms with Crippen LogP contribution in [0.3, 0.4) is 0 Å². The molecule has 0 aliphatic heterocycles.